The molecule has 0 aliphatic heterocycles. The third-order valence-electron chi connectivity index (χ3n) is 4.29. The lowest BCUT2D eigenvalue weighted by molar-refractivity contribution is -0.122. The van der Waals surface area contributed by atoms with Crippen LogP contribution >= 0.6 is 0 Å². The number of carbonyl (C=O) groups excluding carboxylic acids is 1. The summed E-state index contributed by atoms with van der Waals surface area (Å²) < 4.78 is 0. The molecule has 2 aromatic carbocycles. The molecule has 122 valence electrons. The summed E-state index contributed by atoms with van der Waals surface area (Å²) in [7, 11) is 0. The molecule has 1 N–H and O–H groups in total. The van der Waals surface area contributed by atoms with E-state index < -0.39 is 0 Å². The van der Waals surface area contributed by atoms with Crippen LogP contribution < -0.4 is 5.32 Å². The van der Waals surface area contributed by atoms with Crippen LogP contribution in [0.5, 0.6) is 0 Å². The Balaban J connectivity index is 1.97. The zero-order chi connectivity index (χ0) is 16.5. The molecule has 2 aromatic rings. The predicted molar refractivity (Wildman–Crippen MR) is 96.3 cm³/mol. The van der Waals surface area contributed by atoms with Gasteiger partial charge in [-0.15, -0.1) is 0 Å². The van der Waals surface area contributed by atoms with Gasteiger partial charge in [0.2, 0.25) is 5.91 Å². The number of unbranched alkanes of at least 4 members (excludes halogenated alkanes) is 1. The van der Waals surface area contributed by atoms with E-state index in [4.69, 9.17) is 0 Å². The van der Waals surface area contributed by atoms with Crippen molar-refractivity contribution in [1.82, 2.24) is 5.32 Å². The summed E-state index contributed by atoms with van der Waals surface area (Å²) in [6.45, 7) is 4.23. The maximum Gasteiger partial charge on any atom is 0.221 e. The SMILES string of the molecule is CCCC[C@@H](CC(=O)N[C@@H](C)c1ccccc1)c1ccccc1. The van der Waals surface area contributed by atoms with E-state index in [1.54, 1.807) is 0 Å². The minimum Gasteiger partial charge on any atom is -0.350 e. The van der Waals surface area contributed by atoms with E-state index in [0.717, 1.165) is 24.8 Å². The first-order chi connectivity index (χ1) is 11.2. The van der Waals surface area contributed by atoms with Crippen LogP contribution in [0.15, 0.2) is 60.7 Å². The molecule has 0 aromatic heterocycles. The lowest BCUT2D eigenvalue weighted by Gasteiger charge is -2.19. The van der Waals surface area contributed by atoms with Crippen LogP contribution in [0.3, 0.4) is 0 Å². The minimum atomic E-state index is 0.0475. The molecule has 2 nitrogen and oxygen atoms in total. The molecule has 0 radical (unpaired) electrons. The van der Waals surface area contributed by atoms with Gasteiger partial charge in [-0.1, -0.05) is 80.4 Å². The van der Waals surface area contributed by atoms with Gasteiger partial charge in [0.15, 0.2) is 0 Å². The molecule has 0 aliphatic carbocycles. The lowest BCUT2D eigenvalue weighted by atomic mass is 9.90. The van der Waals surface area contributed by atoms with Crippen LogP contribution in [0.4, 0.5) is 0 Å². The van der Waals surface area contributed by atoms with Gasteiger partial charge in [-0.3, -0.25) is 4.79 Å². The van der Waals surface area contributed by atoms with Gasteiger partial charge < -0.3 is 5.32 Å². The summed E-state index contributed by atoms with van der Waals surface area (Å²) in [5.74, 6) is 0.436. The van der Waals surface area contributed by atoms with Crippen LogP contribution in [0.1, 0.15) is 62.6 Å². The summed E-state index contributed by atoms with van der Waals surface area (Å²) in [6, 6.07) is 20.6. The predicted octanol–water partition coefficient (Wildman–Crippen LogP) is 5.23. The molecule has 0 fully saturated rings. The Hall–Kier alpha value is -2.09. The third kappa shape index (κ3) is 5.55. The molecule has 0 bridgehead atoms. The molecule has 2 rings (SSSR count). The van der Waals surface area contributed by atoms with Crippen LogP contribution in [-0.2, 0) is 4.79 Å². The van der Waals surface area contributed by atoms with E-state index in [1.807, 2.05) is 31.2 Å². The van der Waals surface area contributed by atoms with E-state index in [1.165, 1.54) is 5.56 Å². The average Bonchev–Trinajstić information content (AvgIpc) is 2.60. The van der Waals surface area contributed by atoms with Gasteiger partial charge >= 0.3 is 0 Å². The highest BCUT2D eigenvalue weighted by Gasteiger charge is 2.17. The summed E-state index contributed by atoms with van der Waals surface area (Å²) >= 11 is 0. The Bertz CT molecular complexity index is 579. The van der Waals surface area contributed by atoms with Crippen molar-refractivity contribution in [3.63, 3.8) is 0 Å². The van der Waals surface area contributed by atoms with Crippen molar-refractivity contribution in [3.8, 4) is 0 Å². The van der Waals surface area contributed by atoms with E-state index in [2.05, 4.69) is 48.6 Å². The summed E-state index contributed by atoms with van der Waals surface area (Å²) in [6.07, 6.45) is 3.93. The molecule has 23 heavy (non-hydrogen) atoms. The molecular formula is C21H27NO. The highest BCUT2D eigenvalue weighted by molar-refractivity contribution is 5.77. The number of nitrogens with one attached hydrogen (secondary N) is 1. The topological polar surface area (TPSA) is 29.1 Å². The van der Waals surface area contributed by atoms with Crippen molar-refractivity contribution >= 4 is 5.91 Å². The zero-order valence-corrected chi connectivity index (χ0v) is 14.2. The van der Waals surface area contributed by atoms with Crippen molar-refractivity contribution in [2.75, 3.05) is 0 Å². The highest BCUT2D eigenvalue weighted by Crippen LogP contribution is 2.26. The highest BCUT2D eigenvalue weighted by atomic mass is 16.1. The van der Waals surface area contributed by atoms with Crippen molar-refractivity contribution in [1.29, 1.82) is 0 Å². The van der Waals surface area contributed by atoms with Crippen molar-refractivity contribution in [2.24, 2.45) is 0 Å². The summed E-state index contributed by atoms with van der Waals surface area (Å²) in [5, 5.41) is 3.13. The second-order valence-corrected chi connectivity index (χ2v) is 6.15. The average molecular weight is 309 g/mol. The molecule has 0 heterocycles. The fraction of sp³-hybridized carbons (Fsp3) is 0.381. The second kappa shape index (κ2) is 9.14. The lowest BCUT2D eigenvalue weighted by Crippen LogP contribution is -2.28. The molecule has 0 aliphatic rings. The van der Waals surface area contributed by atoms with Gasteiger partial charge in [-0.05, 0) is 30.4 Å². The maximum atomic E-state index is 12.5. The Kier molecular flexibility index (Phi) is 6.86. The van der Waals surface area contributed by atoms with Gasteiger partial charge in [0.05, 0.1) is 6.04 Å². The van der Waals surface area contributed by atoms with Crippen molar-refractivity contribution < 1.29 is 4.79 Å². The summed E-state index contributed by atoms with van der Waals surface area (Å²) in [5.41, 5.74) is 2.41. The Morgan fingerprint density at radius 1 is 0.957 bits per heavy atom. The normalized spacial score (nSPS) is 13.3. The van der Waals surface area contributed by atoms with Crippen molar-refractivity contribution in [2.45, 2.75) is 51.5 Å². The zero-order valence-electron chi connectivity index (χ0n) is 14.2. The Morgan fingerprint density at radius 2 is 1.52 bits per heavy atom. The Morgan fingerprint density at radius 3 is 2.09 bits per heavy atom. The first-order valence-corrected chi connectivity index (χ1v) is 8.60. The summed E-state index contributed by atoms with van der Waals surface area (Å²) in [4.78, 5) is 12.5. The molecule has 2 heteroatoms. The van der Waals surface area contributed by atoms with Gasteiger partial charge in [0.1, 0.15) is 0 Å². The third-order valence-corrected chi connectivity index (χ3v) is 4.29. The molecule has 0 saturated carbocycles. The van der Waals surface area contributed by atoms with Gasteiger partial charge in [0, 0.05) is 6.42 Å². The molecular weight excluding hydrogens is 282 g/mol. The monoisotopic (exact) mass is 309 g/mol. The van der Waals surface area contributed by atoms with Crippen LogP contribution in [0.2, 0.25) is 0 Å². The number of amides is 1. The maximum absolute atomic E-state index is 12.5. The number of hydrogen-bond acceptors (Lipinski definition) is 1. The molecule has 0 spiro atoms. The van der Waals surface area contributed by atoms with Gasteiger partial charge in [-0.25, -0.2) is 0 Å². The van der Waals surface area contributed by atoms with Crippen molar-refractivity contribution in [3.05, 3.63) is 71.8 Å². The minimum absolute atomic E-state index is 0.0475. The molecule has 0 unspecified atom stereocenters. The fourth-order valence-electron chi connectivity index (χ4n) is 2.91. The number of hydrogen-bond donors (Lipinski definition) is 1. The van der Waals surface area contributed by atoms with Crippen LogP contribution in [0, 0.1) is 0 Å². The second-order valence-electron chi connectivity index (χ2n) is 6.15. The standard InChI is InChI=1S/C21H27NO/c1-3-4-11-20(19-14-9-6-10-15-19)16-21(23)22-17(2)18-12-7-5-8-13-18/h5-10,12-15,17,20H,3-4,11,16H2,1-2H3,(H,22,23)/t17-,20-/m0/s1. The van der Waals surface area contributed by atoms with E-state index in [-0.39, 0.29) is 11.9 Å². The molecule has 0 saturated heterocycles. The number of rotatable bonds is 8. The number of carbonyl (C=O) groups is 1. The molecule has 1 amide bonds. The smallest absolute Gasteiger partial charge is 0.221 e. The van der Waals surface area contributed by atoms with Crippen LogP contribution in [0.25, 0.3) is 0 Å². The van der Waals surface area contributed by atoms with Gasteiger partial charge in [0.25, 0.3) is 0 Å². The Labute approximate surface area is 139 Å². The van der Waals surface area contributed by atoms with E-state index in [9.17, 15) is 4.79 Å². The van der Waals surface area contributed by atoms with E-state index in [0.29, 0.717) is 12.3 Å². The fourth-order valence-corrected chi connectivity index (χ4v) is 2.91. The first-order valence-electron chi connectivity index (χ1n) is 8.60. The quantitative estimate of drug-likeness (QED) is 0.711. The number of benzene rings is 2. The van der Waals surface area contributed by atoms with E-state index >= 15 is 0 Å². The first kappa shape index (κ1) is 17.3. The van der Waals surface area contributed by atoms with Gasteiger partial charge in [-0.2, -0.15) is 0 Å². The van der Waals surface area contributed by atoms with Crippen LogP contribution in [-0.4, -0.2) is 5.91 Å². The molecule has 2 atom stereocenters. The largest absolute Gasteiger partial charge is 0.350 e.